The fourth-order valence-electron chi connectivity index (χ4n) is 1.10. The molecule has 0 spiro atoms. The summed E-state index contributed by atoms with van der Waals surface area (Å²) >= 11 is 5.75. The third-order valence-corrected chi connectivity index (χ3v) is 2.18. The number of amidine groups is 1. The van der Waals surface area contributed by atoms with E-state index in [0.717, 1.165) is 17.1 Å². The predicted octanol–water partition coefficient (Wildman–Crippen LogP) is 1.57. The van der Waals surface area contributed by atoms with Gasteiger partial charge in [0, 0.05) is 24.5 Å². The third-order valence-electron chi connectivity index (χ3n) is 1.93. The van der Waals surface area contributed by atoms with E-state index in [2.05, 4.69) is 10.5 Å². The number of benzene rings is 1. The van der Waals surface area contributed by atoms with Gasteiger partial charge in [0.05, 0.1) is 0 Å². The fourth-order valence-corrected chi connectivity index (χ4v) is 1.23. The van der Waals surface area contributed by atoms with Crippen LogP contribution in [0.3, 0.4) is 0 Å². The van der Waals surface area contributed by atoms with E-state index in [1.165, 1.54) is 0 Å². The Morgan fingerprint density at radius 3 is 2.67 bits per heavy atom. The molecule has 0 aliphatic rings. The Labute approximate surface area is 93.7 Å². The van der Waals surface area contributed by atoms with Crippen LogP contribution in [0.2, 0.25) is 5.02 Å². The van der Waals surface area contributed by atoms with Crippen molar-refractivity contribution in [3.05, 3.63) is 34.9 Å². The summed E-state index contributed by atoms with van der Waals surface area (Å²) in [4.78, 5) is 0. The summed E-state index contributed by atoms with van der Waals surface area (Å²) in [7, 11) is 0. The molecular formula is C10H14ClN3O. The fraction of sp³-hybridized carbons (Fsp3) is 0.300. The maximum Gasteiger partial charge on any atom is 0.140 e. The molecular weight excluding hydrogens is 214 g/mol. The summed E-state index contributed by atoms with van der Waals surface area (Å²) in [6.07, 6.45) is 0.532. The first-order valence-electron chi connectivity index (χ1n) is 4.64. The maximum atomic E-state index is 8.30. The first-order chi connectivity index (χ1) is 7.22. The number of oxime groups is 1. The van der Waals surface area contributed by atoms with Crippen molar-refractivity contribution in [2.75, 3.05) is 6.54 Å². The largest absolute Gasteiger partial charge is 0.409 e. The van der Waals surface area contributed by atoms with E-state index in [0.29, 0.717) is 13.0 Å². The van der Waals surface area contributed by atoms with E-state index in [9.17, 15) is 0 Å². The topological polar surface area (TPSA) is 70.6 Å². The number of hydrogen-bond donors (Lipinski definition) is 3. The van der Waals surface area contributed by atoms with Crippen LogP contribution in [0.15, 0.2) is 29.4 Å². The van der Waals surface area contributed by atoms with Crippen LogP contribution < -0.4 is 11.1 Å². The minimum Gasteiger partial charge on any atom is -0.409 e. The molecule has 0 saturated heterocycles. The van der Waals surface area contributed by atoms with Gasteiger partial charge in [-0.2, -0.15) is 0 Å². The number of nitrogens with one attached hydrogen (secondary N) is 1. The standard InChI is InChI=1S/C10H14ClN3O/c11-9-3-1-8(2-4-9)7-13-6-5-10(12)14-15/h1-4,13,15H,5-7H2,(H2,12,14). The van der Waals surface area contributed by atoms with E-state index in [1.807, 2.05) is 24.3 Å². The van der Waals surface area contributed by atoms with Gasteiger partial charge in [0.15, 0.2) is 0 Å². The molecule has 0 atom stereocenters. The van der Waals surface area contributed by atoms with Crippen molar-refractivity contribution in [1.82, 2.24) is 5.32 Å². The van der Waals surface area contributed by atoms with Crippen LogP contribution in [-0.2, 0) is 6.54 Å². The van der Waals surface area contributed by atoms with Crippen LogP contribution in [0.1, 0.15) is 12.0 Å². The summed E-state index contributed by atoms with van der Waals surface area (Å²) in [6, 6.07) is 7.61. The SMILES string of the molecule is NC(CCNCc1ccc(Cl)cc1)=NO. The van der Waals surface area contributed by atoms with Gasteiger partial charge >= 0.3 is 0 Å². The lowest BCUT2D eigenvalue weighted by molar-refractivity contribution is 0.316. The molecule has 4 nitrogen and oxygen atoms in total. The average molecular weight is 228 g/mol. The molecule has 4 N–H and O–H groups in total. The molecule has 0 aliphatic heterocycles. The normalized spacial score (nSPS) is 11.7. The second-order valence-electron chi connectivity index (χ2n) is 3.14. The molecule has 0 heterocycles. The van der Waals surface area contributed by atoms with E-state index in [1.54, 1.807) is 0 Å². The average Bonchev–Trinajstić information content (AvgIpc) is 2.26. The zero-order chi connectivity index (χ0) is 11.1. The number of hydrogen-bond acceptors (Lipinski definition) is 3. The van der Waals surface area contributed by atoms with Crippen LogP contribution in [0.4, 0.5) is 0 Å². The Morgan fingerprint density at radius 1 is 1.40 bits per heavy atom. The summed E-state index contributed by atoms with van der Waals surface area (Å²) < 4.78 is 0. The van der Waals surface area contributed by atoms with Gasteiger partial charge in [0.2, 0.25) is 0 Å². The van der Waals surface area contributed by atoms with E-state index in [4.69, 9.17) is 22.5 Å². The lowest BCUT2D eigenvalue weighted by atomic mass is 10.2. The molecule has 5 heteroatoms. The first-order valence-corrected chi connectivity index (χ1v) is 5.01. The van der Waals surface area contributed by atoms with Gasteiger partial charge in [0.25, 0.3) is 0 Å². The molecule has 0 radical (unpaired) electrons. The highest BCUT2D eigenvalue weighted by molar-refractivity contribution is 6.30. The second kappa shape index (κ2) is 6.27. The summed E-state index contributed by atoms with van der Waals surface area (Å²) in [5, 5.41) is 15.1. The highest BCUT2D eigenvalue weighted by Gasteiger charge is 1.94. The van der Waals surface area contributed by atoms with Gasteiger partial charge in [-0.05, 0) is 17.7 Å². The van der Waals surface area contributed by atoms with Crippen molar-refractivity contribution < 1.29 is 5.21 Å². The molecule has 0 fully saturated rings. The second-order valence-corrected chi connectivity index (χ2v) is 3.58. The van der Waals surface area contributed by atoms with Gasteiger partial charge in [-0.25, -0.2) is 0 Å². The minimum absolute atomic E-state index is 0.235. The van der Waals surface area contributed by atoms with Crippen molar-refractivity contribution in [3.63, 3.8) is 0 Å². The highest BCUT2D eigenvalue weighted by atomic mass is 35.5. The Balaban J connectivity index is 2.23. The molecule has 15 heavy (non-hydrogen) atoms. The van der Waals surface area contributed by atoms with Crippen molar-refractivity contribution in [1.29, 1.82) is 0 Å². The molecule has 0 bridgehead atoms. The molecule has 1 aromatic rings. The van der Waals surface area contributed by atoms with Gasteiger partial charge in [-0.1, -0.05) is 28.9 Å². The molecule has 0 amide bonds. The quantitative estimate of drug-likeness (QED) is 0.235. The van der Waals surface area contributed by atoms with Gasteiger partial charge in [-0.15, -0.1) is 0 Å². The van der Waals surface area contributed by atoms with Crippen molar-refractivity contribution in [2.45, 2.75) is 13.0 Å². The van der Waals surface area contributed by atoms with Crippen molar-refractivity contribution >= 4 is 17.4 Å². The Bertz CT molecular complexity index is 324. The molecule has 82 valence electrons. The van der Waals surface area contributed by atoms with Crippen LogP contribution in [0, 0.1) is 0 Å². The Morgan fingerprint density at radius 2 is 2.07 bits per heavy atom. The number of rotatable bonds is 5. The molecule has 0 unspecified atom stereocenters. The minimum atomic E-state index is 0.235. The maximum absolute atomic E-state index is 8.30. The molecule has 0 aromatic heterocycles. The van der Waals surface area contributed by atoms with Crippen LogP contribution in [0.25, 0.3) is 0 Å². The Kier molecular flexibility index (Phi) is 4.93. The monoisotopic (exact) mass is 227 g/mol. The summed E-state index contributed by atoms with van der Waals surface area (Å²) in [5.41, 5.74) is 6.47. The van der Waals surface area contributed by atoms with E-state index in [-0.39, 0.29) is 5.84 Å². The zero-order valence-corrected chi connectivity index (χ0v) is 9.04. The van der Waals surface area contributed by atoms with E-state index >= 15 is 0 Å². The van der Waals surface area contributed by atoms with Gasteiger partial charge in [-0.3, -0.25) is 0 Å². The zero-order valence-electron chi connectivity index (χ0n) is 8.28. The number of nitrogens with two attached hydrogens (primary N) is 1. The smallest absolute Gasteiger partial charge is 0.140 e. The third kappa shape index (κ3) is 4.67. The number of halogens is 1. The van der Waals surface area contributed by atoms with Crippen molar-refractivity contribution in [3.8, 4) is 0 Å². The van der Waals surface area contributed by atoms with Crippen LogP contribution >= 0.6 is 11.6 Å². The van der Waals surface area contributed by atoms with Crippen LogP contribution in [0.5, 0.6) is 0 Å². The summed E-state index contributed by atoms with van der Waals surface area (Å²) in [5.74, 6) is 0.235. The molecule has 1 rings (SSSR count). The highest BCUT2D eigenvalue weighted by Crippen LogP contribution is 2.08. The first kappa shape index (κ1) is 11.8. The molecule has 0 saturated carbocycles. The molecule has 1 aromatic carbocycles. The summed E-state index contributed by atoms with van der Waals surface area (Å²) in [6.45, 7) is 1.42. The predicted molar refractivity (Wildman–Crippen MR) is 61.2 cm³/mol. The lowest BCUT2D eigenvalue weighted by Crippen LogP contribution is -2.21. The number of nitrogens with zero attached hydrogens (tertiary/aromatic N) is 1. The van der Waals surface area contributed by atoms with Gasteiger partial charge < -0.3 is 16.3 Å². The van der Waals surface area contributed by atoms with E-state index < -0.39 is 0 Å². The molecule has 0 aliphatic carbocycles. The lowest BCUT2D eigenvalue weighted by Gasteiger charge is -2.04. The van der Waals surface area contributed by atoms with Crippen LogP contribution in [-0.4, -0.2) is 17.6 Å². The van der Waals surface area contributed by atoms with Crippen molar-refractivity contribution in [2.24, 2.45) is 10.9 Å². The van der Waals surface area contributed by atoms with Gasteiger partial charge in [0.1, 0.15) is 5.84 Å². The Hall–Kier alpha value is -1.26.